The molecule has 0 radical (unpaired) electrons. The van der Waals surface area contributed by atoms with E-state index in [1.54, 1.807) is 32.5 Å². The number of likely N-dealkylation sites (tertiary alicyclic amines) is 1. The Labute approximate surface area is 249 Å². The molecular weight excluding hydrogens is 558 g/mol. The van der Waals surface area contributed by atoms with Crippen LogP contribution < -0.4 is 9.80 Å². The number of rotatable bonds is 6. The number of unbranched alkanes of at least 4 members (excludes halogenated alkanes) is 1. The van der Waals surface area contributed by atoms with Crippen LogP contribution in [0.1, 0.15) is 25.3 Å². The predicted molar refractivity (Wildman–Crippen MR) is 163 cm³/mol. The Morgan fingerprint density at radius 3 is 2.37 bits per heavy atom. The number of benzene rings is 2. The molecule has 2 fully saturated rings. The van der Waals surface area contributed by atoms with Gasteiger partial charge in [0.15, 0.2) is 0 Å². The van der Waals surface area contributed by atoms with Crippen molar-refractivity contribution in [1.29, 1.82) is 0 Å². The minimum atomic E-state index is -0.934. The van der Waals surface area contributed by atoms with E-state index in [0.717, 1.165) is 11.3 Å². The third-order valence-electron chi connectivity index (χ3n) is 8.89. The van der Waals surface area contributed by atoms with Gasteiger partial charge in [0.2, 0.25) is 11.8 Å². The van der Waals surface area contributed by atoms with Crippen LogP contribution >= 0.6 is 23.4 Å². The number of amides is 3. The van der Waals surface area contributed by atoms with Gasteiger partial charge in [-0.1, -0.05) is 66.2 Å². The normalized spacial score (nSPS) is 30.8. The first-order valence-electron chi connectivity index (χ1n) is 14.1. The highest BCUT2D eigenvalue weighted by Gasteiger charge is 2.74. The van der Waals surface area contributed by atoms with Gasteiger partial charge in [0.05, 0.1) is 27.3 Å². The van der Waals surface area contributed by atoms with E-state index in [0.29, 0.717) is 43.2 Å². The maximum atomic E-state index is 14.7. The minimum Gasteiger partial charge on any atom is -0.396 e. The lowest BCUT2D eigenvalue weighted by molar-refractivity contribution is -0.139. The summed E-state index contributed by atoms with van der Waals surface area (Å²) in [5.41, 5.74) is 2.30. The fourth-order valence-electron chi connectivity index (χ4n) is 7.16. The van der Waals surface area contributed by atoms with E-state index in [-0.39, 0.29) is 24.3 Å². The molecule has 2 aromatic carbocycles. The number of aliphatic hydroxyl groups excluding tert-OH is 1. The van der Waals surface area contributed by atoms with E-state index in [1.807, 2.05) is 74.5 Å². The number of thioether (sulfide) groups is 1. The zero-order valence-corrected chi connectivity index (χ0v) is 24.8. The average molecular weight is 592 g/mol. The SMILES string of the molecule is Cc1cccc(Cl)c1N1CC=C[C@]23S[C@]4(C)C=CCN(c5ccccc5)C(=O)[C@@H]4[C@H]2C(=O)N(CCCCO)C3C1=O. The number of hydrogen-bond acceptors (Lipinski definition) is 5. The summed E-state index contributed by atoms with van der Waals surface area (Å²) in [6.07, 6.45) is 9.13. The van der Waals surface area contributed by atoms with E-state index in [4.69, 9.17) is 11.6 Å². The van der Waals surface area contributed by atoms with Crippen molar-refractivity contribution in [3.8, 4) is 0 Å². The molecule has 9 heteroatoms. The molecule has 3 amide bonds. The molecule has 1 unspecified atom stereocenters. The molecule has 6 rings (SSSR count). The summed E-state index contributed by atoms with van der Waals surface area (Å²) in [7, 11) is 0. The Balaban J connectivity index is 1.47. The third kappa shape index (κ3) is 4.34. The summed E-state index contributed by atoms with van der Waals surface area (Å²) >= 11 is 8.21. The Kier molecular flexibility index (Phi) is 7.29. The number of anilines is 2. The summed E-state index contributed by atoms with van der Waals surface area (Å²) < 4.78 is -1.62. The van der Waals surface area contributed by atoms with Gasteiger partial charge in [-0.3, -0.25) is 14.4 Å². The fraction of sp³-hybridized carbons (Fsp3) is 0.406. The van der Waals surface area contributed by atoms with Crippen LogP contribution in [0.25, 0.3) is 0 Å². The fourth-order valence-corrected chi connectivity index (χ4v) is 9.64. The molecule has 7 nitrogen and oxygen atoms in total. The molecular formula is C32H34ClN3O4S. The Hall–Kier alpha value is -3.07. The molecule has 0 aliphatic carbocycles. The standard InChI is InChI=1S/C32H34ClN3O4S/c1-21-11-8-14-23(33)26(21)35-19-10-16-32-25(29(39)36(17-6-7-20-37)27(32)30(35)40)24-28(38)34(22-12-4-3-5-13-22)18-9-15-31(24,2)41-32/h3-5,8-16,24-25,27,37H,6-7,17-20H2,1-2H3/t24-,25-,27?,31+,32-/m0/s1. The van der Waals surface area contributed by atoms with Crippen LogP contribution in [0.5, 0.6) is 0 Å². The molecule has 5 atom stereocenters. The largest absolute Gasteiger partial charge is 0.396 e. The Bertz CT molecular complexity index is 1430. The number of aryl methyl sites for hydroxylation is 1. The Morgan fingerprint density at radius 2 is 1.63 bits per heavy atom. The zero-order valence-electron chi connectivity index (χ0n) is 23.2. The molecule has 0 bridgehead atoms. The van der Waals surface area contributed by atoms with Crippen molar-refractivity contribution in [2.24, 2.45) is 11.8 Å². The van der Waals surface area contributed by atoms with E-state index in [1.165, 1.54) is 0 Å². The van der Waals surface area contributed by atoms with Gasteiger partial charge in [0.1, 0.15) is 6.04 Å². The first-order chi connectivity index (χ1) is 19.7. The molecule has 4 aliphatic rings. The van der Waals surface area contributed by atoms with Gasteiger partial charge in [-0.15, -0.1) is 11.8 Å². The highest BCUT2D eigenvalue weighted by molar-refractivity contribution is 8.02. The molecule has 2 aromatic rings. The smallest absolute Gasteiger partial charge is 0.251 e. The summed E-state index contributed by atoms with van der Waals surface area (Å²) in [4.78, 5) is 48.7. The third-order valence-corrected chi connectivity index (χ3v) is 11.0. The maximum Gasteiger partial charge on any atom is 0.251 e. The first-order valence-corrected chi connectivity index (χ1v) is 15.3. The van der Waals surface area contributed by atoms with E-state index in [2.05, 4.69) is 6.08 Å². The number of hydrogen-bond donors (Lipinski definition) is 1. The highest BCUT2D eigenvalue weighted by atomic mass is 35.5. The van der Waals surface area contributed by atoms with E-state index in [9.17, 15) is 19.5 Å². The van der Waals surface area contributed by atoms with Gasteiger partial charge in [-0.2, -0.15) is 0 Å². The van der Waals surface area contributed by atoms with Crippen molar-refractivity contribution >= 4 is 52.5 Å². The average Bonchev–Trinajstić information content (AvgIpc) is 3.21. The summed E-state index contributed by atoms with van der Waals surface area (Å²) in [5, 5.41) is 9.95. The topological polar surface area (TPSA) is 81.2 Å². The lowest BCUT2D eigenvalue weighted by atomic mass is 9.74. The van der Waals surface area contributed by atoms with Crippen LogP contribution in [0.4, 0.5) is 11.4 Å². The van der Waals surface area contributed by atoms with Crippen LogP contribution in [0.3, 0.4) is 0 Å². The quantitative estimate of drug-likeness (QED) is 0.392. The van der Waals surface area contributed by atoms with E-state index < -0.39 is 27.4 Å². The Morgan fingerprint density at radius 1 is 0.902 bits per heavy atom. The van der Waals surface area contributed by atoms with Crippen molar-refractivity contribution in [2.45, 2.75) is 42.2 Å². The van der Waals surface area contributed by atoms with Crippen LogP contribution in [0, 0.1) is 18.8 Å². The lowest BCUT2D eigenvalue weighted by Gasteiger charge is -2.37. The summed E-state index contributed by atoms with van der Waals surface area (Å²) in [6, 6.07) is 14.3. The second-order valence-corrected chi connectivity index (χ2v) is 13.6. The van der Waals surface area contributed by atoms with Crippen molar-refractivity contribution in [2.75, 3.05) is 36.0 Å². The molecule has 4 heterocycles. The second-order valence-electron chi connectivity index (χ2n) is 11.4. The molecule has 1 spiro atoms. The van der Waals surface area contributed by atoms with Crippen molar-refractivity contribution < 1.29 is 19.5 Å². The van der Waals surface area contributed by atoms with Gasteiger partial charge in [-0.05, 0) is 50.5 Å². The van der Waals surface area contributed by atoms with Crippen molar-refractivity contribution in [3.63, 3.8) is 0 Å². The molecule has 0 aromatic heterocycles. The molecule has 0 saturated carbocycles. The van der Waals surface area contributed by atoms with Crippen molar-refractivity contribution in [3.05, 3.63) is 83.4 Å². The minimum absolute atomic E-state index is 0.00478. The van der Waals surface area contributed by atoms with Crippen LogP contribution in [-0.4, -0.2) is 69.5 Å². The van der Waals surface area contributed by atoms with Gasteiger partial charge in [-0.25, -0.2) is 0 Å². The van der Waals surface area contributed by atoms with Crippen LogP contribution in [0.15, 0.2) is 72.8 Å². The molecule has 4 aliphatic heterocycles. The summed E-state index contributed by atoms with van der Waals surface area (Å²) in [5.74, 6) is -1.86. The number of para-hydroxylation sites is 2. The molecule has 214 valence electrons. The van der Waals surface area contributed by atoms with E-state index >= 15 is 0 Å². The lowest BCUT2D eigenvalue weighted by Crippen LogP contribution is -2.53. The van der Waals surface area contributed by atoms with Crippen LogP contribution in [-0.2, 0) is 14.4 Å². The van der Waals surface area contributed by atoms with Gasteiger partial charge in [0, 0.05) is 36.7 Å². The maximum absolute atomic E-state index is 14.7. The number of nitrogens with zero attached hydrogens (tertiary/aromatic N) is 3. The highest BCUT2D eigenvalue weighted by Crippen LogP contribution is 2.65. The van der Waals surface area contributed by atoms with Gasteiger partial charge >= 0.3 is 0 Å². The number of carbonyl (C=O) groups is 3. The monoisotopic (exact) mass is 591 g/mol. The number of aliphatic hydroxyl groups is 1. The summed E-state index contributed by atoms with van der Waals surface area (Å²) in [6.45, 7) is 5.01. The van der Waals surface area contributed by atoms with Gasteiger partial charge < -0.3 is 19.8 Å². The second kappa shape index (κ2) is 10.6. The first kappa shape index (κ1) is 28.1. The van der Waals surface area contributed by atoms with Crippen molar-refractivity contribution in [1.82, 2.24) is 4.90 Å². The number of carbonyl (C=O) groups excluding carboxylic acids is 3. The molecule has 41 heavy (non-hydrogen) atoms. The predicted octanol–water partition coefficient (Wildman–Crippen LogP) is 4.61. The molecule has 1 N–H and O–H groups in total. The van der Waals surface area contributed by atoms with Gasteiger partial charge in [0.25, 0.3) is 5.91 Å². The zero-order chi connectivity index (χ0) is 28.9. The number of fused-ring (bicyclic) bond motifs is 2. The van der Waals surface area contributed by atoms with Crippen LogP contribution in [0.2, 0.25) is 5.02 Å². The molecule has 2 saturated heterocycles. The number of halogens is 1.